The molecule has 1 aromatic carbocycles. The third-order valence-corrected chi connectivity index (χ3v) is 3.87. The summed E-state index contributed by atoms with van der Waals surface area (Å²) in [4.78, 5) is 18.7. The average Bonchev–Trinajstić information content (AvgIpc) is 2.68. The lowest BCUT2D eigenvalue weighted by molar-refractivity contribution is -0.385. The Kier molecular flexibility index (Phi) is 5.41. The Bertz CT molecular complexity index is 957. The van der Waals surface area contributed by atoms with Crippen LogP contribution in [-0.2, 0) is 6.61 Å². The Morgan fingerprint density at radius 3 is 2.67 bits per heavy atom. The summed E-state index contributed by atoms with van der Waals surface area (Å²) in [7, 11) is 0. The number of hydrogen-bond donors (Lipinski definition) is 1. The van der Waals surface area contributed by atoms with E-state index >= 15 is 0 Å². The van der Waals surface area contributed by atoms with Crippen molar-refractivity contribution in [1.82, 2.24) is 9.97 Å². The minimum Gasteiger partial charge on any atom is -0.487 e. The fourth-order valence-corrected chi connectivity index (χ4v) is 2.44. The van der Waals surface area contributed by atoms with Gasteiger partial charge in [0.15, 0.2) is 0 Å². The molecule has 0 spiro atoms. The van der Waals surface area contributed by atoms with E-state index in [1.807, 2.05) is 42.5 Å². The summed E-state index contributed by atoms with van der Waals surface area (Å²) in [5.41, 5.74) is 3.36. The highest BCUT2D eigenvalue weighted by atomic mass is 16.6. The fraction of sp³-hybridized carbons (Fsp3) is 0.100. The monoisotopic (exact) mass is 362 g/mol. The molecule has 7 heteroatoms. The minimum absolute atomic E-state index is 0.0724. The van der Waals surface area contributed by atoms with Gasteiger partial charge in [-0.25, -0.2) is 0 Å². The topological polar surface area (TPSA) is 90.2 Å². The molecule has 2 aromatic heterocycles. The SMILES string of the molecule is C=C(Nc1ccc(OCc2ccccn2)cc1)c1cc([N+](=O)[O-])cnc1C. The van der Waals surface area contributed by atoms with Gasteiger partial charge in [0.05, 0.1) is 10.6 Å². The first-order valence-electron chi connectivity index (χ1n) is 8.23. The molecule has 0 bridgehead atoms. The number of rotatable bonds is 7. The fourth-order valence-electron chi connectivity index (χ4n) is 2.44. The molecule has 0 unspecified atom stereocenters. The van der Waals surface area contributed by atoms with Crippen LogP contribution in [0.5, 0.6) is 5.75 Å². The van der Waals surface area contributed by atoms with Crippen molar-refractivity contribution in [2.75, 3.05) is 5.32 Å². The Balaban J connectivity index is 1.65. The van der Waals surface area contributed by atoms with Crippen molar-refractivity contribution in [3.8, 4) is 5.75 Å². The van der Waals surface area contributed by atoms with Crippen LogP contribution < -0.4 is 10.1 Å². The van der Waals surface area contributed by atoms with Gasteiger partial charge in [-0.3, -0.25) is 20.1 Å². The number of nitrogens with zero attached hydrogens (tertiary/aromatic N) is 3. The maximum Gasteiger partial charge on any atom is 0.288 e. The Hall–Kier alpha value is -3.74. The molecule has 0 aliphatic carbocycles. The van der Waals surface area contributed by atoms with Crippen molar-refractivity contribution in [1.29, 1.82) is 0 Å². The van der Waals surface area contributed by atoms with E-state index in [9.17, 15) is 10.1 Å². The third kappa shape index (κ3) is 4.66. The van der Waals surface area contributed by atoms with Crippen molar-refractivity contribution in [3.05, 3.63) is 94.6 Å². The molecule has 0 aliphatic heterocycles. The highest BCUT2D eigenvalue weighted by Crippen LogP contribution is 2.24. The normalized spacial score (nSPS) is 10.3. The largest absolute Gasteiger partial charge is 0.487 e. The first-order valence-corrected chi connectivity index (χ1v) is 8.23. The quantitative estimate of drug-likeness (QED) is 0.496. The molecule has 0 saturated carbocycles. The van der Waals surface area contributed by atoms with E-state index in [0.29, 0.717) is 29.3 Å². The second-order valence-electron chi connectivity index (χ2n) is 5.82. The van der Waals surface area contributed by atoms with E-state index in [1.54, 1.807) is 13.1 Å². The van der Waals surface area contributed by atoms with E-state index in [4.69, 9.17) is 4.74 Å². The summed E-state index contributed by atoms with van der Waals surface area (Å²) in [6.45, 7) is 6.13. The van der Waals surface area contributed by atoms with Crippen LogP contribution >= 0.6 is 0 Å². The van der Waals surface area contributed by atoms with Crippen molar-refractivity contribution in [2.45, 2.75) is 13.5 Å². The summed E-state index contributed by atoms with van der Waals surface area (Å²) in [6.07, 6.45) is 2.96. The zero-order valence-electron chi connectivity index (χ0n) is 14.8. The molecule has 1 N–H and O–H groups in total. The molecule has 0 saturated heterocycles. The van der Waals surface area contributed by atoms with E-state index < -0.39 is 4.92 Å². The lowest BCUT2D eigenvalue weighted by Crippen LogP contribution is -2.02. The highest BCUT2D eigenvalue weighted by Gasteiger charge is 2.12. The van der Waals surface area contributed by atoms with Crippen molar-refractivity contribution < 1.29 is 9.66 Å². The van der Waals surface area contributed by atoms with Gasteiger partial charge in [-0.2, -0.15) is 0 Å². The van der Waals surface area contributed by atoms with E-state index in [1.165, 1.54) is 12.3 Å². The molecular formula is C20H18N4O3. The van der Waals surface area contributed by atoms with E-state index in [-0.39, 0.29) is 5.69 Å². The number of anilines is 1. The molecule has 3 aromatic rings. The van der Waals surface area contributed by atoms with Crippen molar-refractivity contribution in [3.63, 3.8) is 0 Å². The van der Waals surface area contributed by atoms with Gasteiger partial charge in [-0.05, 0) is 43.3 Å². The molecule has 0 radical (unpaired) electrons. The molecule has 27 heavy (non-hydrogen) atoms. The highest BCUT2D eigenvalue weighted by molar-refractivity contribution is 5.77. The van der Waals surface area contributed by atoms with Crippen LogP contribution in [0.25, 0.3) is 5.70 Å². The molecule has 3 rings (SSSR count). The molecule has 0 fully saturated rings. The van der Waals surface area contributed by atoms with Crippen LogP contribution in [0.15, 0.2) is 67.5 Å². The van der Waals surface area contributed by atoms with Crippen LogP contribution in [0, 0.1) is 17.0 Å². The maximum absolute atomic E-state index is 10.9. The second-order valence-corrected chi connectivity index (χ2v) is 5.82. The van der Waals surface area contributed by atoms with Gasteiger partial charge < -0.3 is 10.1 Å². The van der Waals surface area contributed by atoms with Gasteiger partial charge in [-0.1, -0.05) is 12.6 Å². The van der Waals surface area contributed by atoms with Crippen molar-refractivity contribution in [2.24, 2.45) is 0 Å². The van der Waals surface area contributed by atoms with Crippen LogP contribution in [-0.4, -0.2) is 14.9 Å². The van der Waals surface area contributed by atoms with E-state index in [2.05, 4.69) is 21.9 Å². The van der Waals surface area contributed by atoms with Gasteiger partial charge in [0.25, 0.3) is 5.69 Å². The summed E-state index contributed by atoms with van der Waals surface area (Å²) in [5.74, 6) is 0.713. The number of hydrogen-bond acceptors (Lipinski definition) is 6. The molecule has 7 nitrogen and oxygen atoms in total. The van der Waals surface area contributed by atoms with Crippen molar-refractivity contribution >= 4 is 17.1 Å². The predicted molar refractivity (Wildman–Crippen MR) is 103 cm³/mol. The standard InChI is InChI=1S/C20H18N4O3/c1-14-20(11-18(12-22-14)24(25)26)15(2)23-16-6-8-19(9-7-16)27-13-17-5-3-4-10-21-17/h3-12,23H,2,13H2,1H3. The smallest absolute Gasteiger partial charge is 0.288 e. The van der Waals surface area contributed by atoms with Crippen LogP contribution in [0.4, 0.5) is 11.4 Å². The lowest BCUT2D eigenvalue weighted by Gasteiger charge is -2.12. The third-order valence-electron chi connectivity index (χ3n) is 3.87. The number of ether oxygens (including phenoxy) is 1. The first-order chi connectivity index (χ1) is 13.0. The van der Waals surface area contributed by atoms with Gasteiger partial charge in [-0.15, -0.1) is 0 Å². The molecule has 0 aliphatic rings. The molecule has 136 valence electrons. The van der Waals surface area contributed by atoms with Crippen LogP contribution in [0.3, 0.4) is 0 Å². The minimum atomic E-state index is -0.475. The summed E-state index contributed by atoms with van der Waals surface area (Å²) < 4.78 is 5.70. The van der Waals surface area contributed by atoms with Crippen LogP contribution in [0.1, 0.15) is 17.0 Å². The second kappa shape index (κ2) is 8.09. The van der Waals surface area contributed by atoms with Gasteiger partial charge in [0, 0.05) is 34.9 Å². The number of nitrogens with one attached hydrogen (secondary N) is 1. The number of aryl methyl sites for hydroxylation is 1. The molecule has 2 heterocycles. The summed E-state index contributed by atoms with van der Waals surface area (Å²) in [5, 5.41) is 14.1. The summed E-state index contributed by atoms with van der Waals surface area (Å²) in [6, 6.07) is 14.5. The summed E-state index contributed by atoms with van der Waals surface area (Å²) >= 11 is 0. The number of nitro groups is 1. The number of aromatic nitrogens is 2. The zero-order valence-corrected chi connectivity index (χ0v) is 14.8. The van der Waals surface area contributed by atoms with E-state index in [0.717, 1.165) is 11.4 Å². The first kappa shape index (κ1) is 18.1. The number of benzene rings is 1. The Morgan fingerprint density at radius 1 is 1.22 bits per heavy atom. The molecule has 0 atom stereocenters. The van der Waals surface area contributed by atoms with Gasteiger partial charge in [0.1, 0.15) is 18.6 Å². The lowest BCUT2D eigenvalue weighted by atomic mass is 10.1. The van der Waals surface area contributed by atoms with Gasteiger partial charge >= 0.3 is 0 Å². The maximum atomic E-state index is 10.9. The average molecular weight is 362 g/mol. The Labute approximate surface area is 156 Å². The zero-order chi connectivity index (χ0) is 19.2. The molecular weight excluding hydrogens is 344 g/mol. The molecule has 0 amide bonds. The predicted octanol–water partition coefficient (Wildman–Crippen LogP) is 4.36. The van der Waals surface area contributed by atoms with Crippen LogP contribution in [0.2, 0.25) is 0 Å². The number of pyridine rings is 2. The Morgan fingerprint density at radius 2 is 2.00 bits per heavy atom. The van der Waals surface area contributed by atoms with Gasteiger partial charge in [0.2, 0.25) is 0 Å².